The number of carboxylic acid groups (broad SMARTS) is 1. The third-order valence-corrected chi connectivity index (χ3v) is 5.38. The van der Waals surface area contributed by atoms with Crippen LogP contribution in [0.5, 0.6) is 11.5 Å². The lowest BCUT2D eigenvalue weighted by molar-refractivity contribution is -0.132. The average molecular weight is 578 g/mol. The highest BCUT2D eigenvalue weighted by molar-refractivity contribution is 14.1. The standard InChI is InChI=1S/C25H21ClINO5/c1-2-32-22-14-17(12-20(26)23(22)33-15-16-7-6-10-19(27)11-16)13-21(25(30)31)28-24(29)18-8-4-3-5-9-18/h3-14H,2,15H2,1H3,(H,28,29)(H,30,31). The summed E-state index contributed by atoms with van der Waals surface area (Å²) in [4.78, 5) is 24.1. The monoisotopic (exact) mass is 577 g/mol. The number of benzene rings is 3. The van der Waals surface area contributed by atoms with E-state index < -0.39 is 11.9 Å². The second-order valence-electron chi connectivity index (χ2n) is 6.86. The second kappa shape index (κ2) is 11.7. The van der Waals surface area contributed by atoms with Crippen LogP contribution in [0.1, 0.15) is 28.4 Å². The quantitative estimate of drug-likeness (QED) is 0.249. The molecule has 3 aromatic carbocycles. The number of carbonyl (C=O) groups is 2. The number of ether oxygens (including phenoxy) is 2. The molecule has 0 atom stereocenters. The molecule has 0 spiro atoms. The van der Waals surface area contributed by atoms with E-state index in [4.69, 9.17) is 21.1 Å². The van der Waals surface area contributed by atoms with Gasteiger partial charge in [-0.15, -0.1) is 0 Å². The largest absolute Gasteiger partial charge is 0.490 e. The molecule has 33 heavy (non-hydrogen) atoms. The van der Waals surface area contributed by atoms with Crippen molar-refractivity contribution in [2.45, 2.75) is 13.5 Å². The summed E-state index contributed by atoms with van der Waals surface area (Å²) in [7, 11) is 0. The normalized spacial score (nSPS) is 11.1. The summed E-state index contributed by atoms with van der Waals surface area (Å²) in [6.45, 7) is 2.47. The van der Waals surface area contributed by atoms with Crippen LogP contribution in [0.2, 0.25) is 5.02 Å². The van der Waals surface area contributed by atoms with E-state index in [1.54, 1.807) is 42.5 Å². The Balaban J connectivity index is 1.87. The summed E-state index contributed by atoms with van der Waals surface area (Å²) in [5.41, 5.74) is 1.46. The zero-order valence-corrected chi connectivity index (χ0v) is 20.6. The van der Waals surface area contributed by atoms with Gasteiger partial charge in [0.05, 0.1) is 11.6 Å². The Bertz CT molecular complexity index is 1180. The molecule has 0 aliphatic heterocycles. The maximum atomic E-state index is 12.4. The number of carboxylic acids is 1. The molecule has 0 saturated carbocycles. The van der Waals surface area contributed by atoms with E-state index >= 15 is 0 Å². The first kappa shape index (κ1) is 24.6. The molecule has 0 aromatic heterocycles. The minimum atomic E-state index is -1.28. The van der Waals surface area contributed by atoms with Crippen molar-refractivity contribution in [3.8, 4) is 11.5 Å². The van der Waals surface area contributed by atoms with Gasteiger partial charge in [-0.1, -0.05) is 41.9 Å². The zero-order chi connectivity index (χ0) is 23.8. The lowest BCUT2D eigenvalue weighted by atomic mass is 10.1. The van der Waals surface area contributed by atoms with Crippen LogP contribution < -0.4 is 14.8 Å². The minimum absolute atomic E-state index is 0.261. The van der Waals surface area contributed by atoms with Crippen molar-refractivity contribution >= 4 is 52.1 Å². The molecule has 6 nitrogen and oxygen atoms in total. The van der Waals surface area contributed by atoms with E-state index in [0.29, 0.717) is 35.8 Å². The van der Waals surface area contributed by atoms with Crippen LogP contribution in [0.25, 0.3) is 6.08 Å². The van der Waals surface area contributed by atoms with Gasteiger partial charge >= 0.3 is 5.97 Å². The van der Waals surface area contributed by atoms with E-state index in [1.807, 2.05) is 31.2 Å². The molecule has 0 aliphatic carbocycles. The molecule has 0 radical (unpaired) electrons. The first-order valence-corrected chi connectivity index (χ1v) is 11.5. The Kier molecular flexibility index (Phi) is 8.73. The Morgan fingerprint density at radius 2 is 1.82 bits per heavy atom. The van der Waals surface area contributed by atoms with Crippen molar-refractivity contribution in [2.75, 3.05) is 6.61 Å². The van der Waals surface area contributed by atoms with Crippen LogP contribution in [0.15, 0.2) is 72.4 Å². The van der Waals surface area contributed by atoms with Gasteiger partial charge in [0.2, 0.25) is 0 Å². The molecule has 0 aliphatic rings. The Morgan fingerprint density at radius 1 is 1.06 bits per heavy atom. The summed E-state index contributed by atoms with van der Waals surface area (Å²) >= 11 is 8.69. The van der Waals surface area contributed by atoms with E-state index in [-0.39, 0.29) is 10.7 Å². The molecule has 8 heteroatoms. The van der Waals surface area contributed by atoms with E-state index in [0.717, 1.165) is 9.13 Å². The van der Waals surface area contributed by atoms with Gasteiger partial charge in [0.25, 0.3) is 5.91 Å². The van der Waals surface area contributed by atoms with Crippen molar-refractivity contribution in [1.82, 2.24) is 5.32 Å². The van der Waals surface area contributed by atoms with Gasteiger partial charge in [0.1, 0.15) is 12.3 Å². The van der Waals surface area contributed by atoms with Gasteiger partial charge in [0.15, 0.2) is 11.5 Å². The van der Waals surface area contributed by atoms with Gasteiger partial charge in [-0.25, -0.2) is 4.79 Å². The maximum Gasteiger partial charge on any atom is 0.352 e. The average Bonchev–Trinajstić information content (AvgIpc) is 2.79. The van der Waals surface area contributed by atoms with E-state index in [2.05, 4.69) is 27.9 Å². The molecular formula is C25H21ClINO5. The maximum absolute atomic E-state index is 12.4. The predicted molar refractivity (Wildman–Crippen MR) is 136 cm³/mol. The summed E-state index contributed by atoms with van der Waals surface area (Å²) in [5.74, 6) is -1.08. The highest BCUT2D eigenvalue weighted by Crippen LogP contribution is 2.38. The van der Waals surface area contributed by atoms with Crippen LogP contribution in [0.3, 0.4) is 0 Å². The molecule has 3 aromatic rings. The number of hydrogen-bond acceptors (Lipinski definition) is 4. The number of aliphatic carboxylic acids is 1. The molecule has 0 unspecified atom stereocenters. The molecule has 2 N–H and O–H groups in total. The third-order valence-electron chi connectivity index (χ3n) is 4.43. The molecule has 0 saturated heterocycles. The van der Waals surface area contributed by atoms with Crippen LogP contribution >= 0.6 is 34.2 Å². The van der Waals surface area contributed by atoms with Crippen molar-refractivity contribution in [2.24, 2.45) is 0 Å². The molecule has 170 valence electrons. The minimum Gasteiger partial charge on any atom is -0.490 e. The topological polar surface area (TPSA) is 84.9 Å². The SMILES string of the molecule is CCOc1cc(C=C(NC(=O)c2ccccc2)C(=O)O)cc(Cl)c1OCc1cccc(I)c1. The molecule has 1 amide bonds. The molecule has 0 bridgehead atoms. The summed E-state index contributed by atoms with van der Waals surface area (Å²) in [6.07, 6.45) is 1.32. The molecule has 3 rings (SSSR count). The molecule has 0 heterocycles. The van der Waals surface area contributed by atoms with Crippen LogP contribution in [0, 0.1) is 3.57 Å². The number of carbonyl (C=O) groups excluding carboxylic acids is 1. The first-order chi connectivity index (χ1) is 15.9. The summed E-state index contributed by atoms with van der Waals surface area (Å²) in [5, 5.41) is 12.3. The fourth-order valence-corrected chi connectivity index (χ4v) is 3.84. The smallest absolute Gasteiger partial charge is 0.352 e. The van der Waals surface area contributed by atoms with E-state index in [1.165, 1.54) is 6.08 Å². The summed E-state index contributed by atoms with van der Waals surface area (Å²) < 4.78 is 12.7. The van der Waals surface area contributed by atoms with Gasteiger partial charge in [-0.2, -0.15) is 0 Å². The fourth-order valence-electron chi connectivity index (χ4n) is 2.96. The second-order valence-corrected chi connectivity index (χ2v) is 8.52. The number of nitrogens with one attached hydrogen (secondary N) is 1. The Morgan fingerprint density at radius 3 is 2.48 bits per heavy atom. The van der Waals surface area contributed by atoms with Crippen molar-refractivity contribution in [3.05, 3.63) is 97.7 Å². The molecule has 0 fully saturated rings. The van der Waals surface area contributed by atoms with E-state index in [9.17, 15) is 14.7 Å². The van der Waals surface area contributed by atoms with Crippen molar-refractivity contribution < 1.29 is 24.2 Å². The zero-order valence-electron chi connectivity index (χ0n) is 17.7. The van der Waals surface area contributed by atoms with Gasteiger partial charge < -0.3 is 19.9 Å². The first-order valence-electron chi connectivity index (χ1n) is 10.0. The summed E-state index contributed by atoms with van der Waals surface area (Å²) in [6, 6.07) is 19.4. The molecular weight excluding hydrogens is 557 g/mol. The van der Waals surface area contributed by atoms with Crippen LogP contribution in [-0.2, 0) is 11.4 Å². The van der Waals surface area contributed by atoms with Crippen molar-refractivity contribution in [3.63, 3.8) is 0 Å². The number of halogens is 2. The highest BCUT2D eigenvalue weighted by atomic mass is 127. The van der Waals surface area contributed by atoms with Gasteiger partial charge in [0, 0.05) is 9.13 Å². The number of rotatable bonds is 9. The lowest BCUT2D eigenvalue weighted by Crippen LogP contribution is -2.27. The number of amides is 1. The van der Waals surface area contributed by atoms with Crippen LogP contribution in [-0.4, -0.2) is 23.6 Å². The highest BCUT2D eigenvalue weighted by Gasteiger charge is 2.16. The fraction of sp³-hybridized carbons (Fsp3) is 0.120. The third kappa shape index (κ3) is 6.97. The van der Waals surface area contributed by atoms with Crippen molar-refractivity contribution in [1.29, 1.82) is 0 Å². The predicted octanol–water partition coefficient (Wildman–Crippen LogP) is 5.78. The lowest BCUT2D eigenvalue weighted by Gasteiger charge is -2.15. The van der Waals surface area contributed by atoms with Gasteiger partial charge in [-0.3, -0.25) is 4.79 Å². The Hall–Kier alpha value is -3.04. The van der Waals surface area contributed by atoms with Gasteiger partial charge in [-0.05, 0) is 83.1 Å². The Labute approximate surface area is 210 Å². The van der Waals surface area contributed by atoms with Crippen LogP contribution in [0.4, 0.5) is 0 Å². The number of hydrogen-bond donors (Lipinski definition) is 2.